The van der Waals surface area contributed by atoms with E-state index in [-0.39, 0.29) is 41.4 Å². The Bertz CT molecular complexity index is 1680. The van der Waals surface area contributed by atoms with Crippen molar-refractivity contribution < 1.29 is 38.1 Å². The van der Waals surface area contributed by atoms with Gasteiger partial charge in [0.05, 0.1) is 23.5 Å². The smallest absolute Gasteiger partial charge is 0.384 e. The van der Waals surface area contributed by atoms with Crippen molar-refractivity contribution >= 4 is 38.0 Å². The van der Waals surface area contributed by atoms with E-state index in [1.807, 2.05) is 88.3 Å². The van der Waals surface area contributed by atoms with Gasteiger partial charge in [-0.3, -0.25) is 9.59 Å². The standard InChI is InChI=1S/C16H30O2Si.C13H22O2.C13H16O2.C11H16O2/c1-12(2)19(13(3)4,14(5)6)11-10-15(17)18-16(7,8)9;1-13(2,3)15-12(14)11-9-7-5-4-6-8-10-11;1-5-10-6-8-11(9-7-10)12(14)15-13(2,3)4;1-7(2)13-11(12)10-6-8-3-4-9(10)5-8/h12-14H,1-9H3;4-5,11H,6-10H2,1-3H3;5-9H,1H2,2-4H3;3-4,7-10H,5-6H2,1-2H3/b;5-4-;;. The summed E-state index contributed by atoms with van der Waals surface area (Å²) in [7, 11) is -1.83. The quantitative estimate of drug-likeness (QED) is 0.0836. The Morgan fingerprint density at radius 2 is 1.23 bits per heavy atom. The molecule has 1 aromatic carbocycles. The molecule has 3 aliphatic rings. The van der Waals surface area contributed by atoms with Crippen molar-refractivity contribution in [2.24, 2.45) is 23.7 Å². The maximum Gasteiger partial charge on any atom is 0.384 e. The topological polar surface area (TPSA) is 105 Å². The van der Waals surface area contributed by atoms with Gasteiger partial charge >= 0.3 is 23.9 Å². The van der Waals surface area contributed by atoms with E-state index in [2.05, 4.69) is 83.9 Å². The second kappa shape index (κ2) is 25.4. The molecule has 4 rings (SSSR count). The Labute approximate surface area is 378 Å². The van der Waals surface area contributed by atoms with Gasteiger partial charge in [0.15, 0.2) is 0 Å². The van der Waals surface area contributed by atoms with E-state index in [1.54, 1.807) is 18.2 Å². The molecule has 0 radical (unpaired) electrons. The fourth-order valence-corrected chi connectivity index (χ4v) is 13.3. The van der Waals surface area contributed by atoms with Gasteiger partial charge in [-0.1, -0.05) is 90.6 Å². The Kier molecular flexibility index (Phi) is 23.0. The number of carbonyl (C=O) groups excluding carboxylic acids is 4. The fourth-order valence-electron chi connectivity index (χ4n) is 8.14. The number of hydrogen-bond acceptors (Lipinski definition) is 8. The fraction of sp³-hybridized carbons (Fsp3) is 0.660. The highest BCUT2D eigenvalue weighted by molar-refractivity contribution is 6.90. The van der Waals surface area contributed by atoms with Crippen molar-refractivity contribution in [2.75, 3.05) is 0 Å². The Balaban J connectivity index is 0.000000416. The van der Waals surface area contributed by atoms with Crippen molar-refractivity contribution in [3.05, 3.63) is 66.3 Å². The molecule has 62 heavy (non-hydrogen) atoms. The third-order valence-corrected chi connectivity index (χ3v) is 17.2. The number of allylic oxidation sites excluding steroid dienone is 4. The maximum atomic E-state index is 11.8. The first-order valence-corrected chi connectivity index (χ1v) is 25.2. The van der Waals surface area contributed by atoms with Crippen molar-refractivity contribution in [3.8, 4) is 11.5 Å². The van der Waals surface area contributed by atoms with Gasteiger partial charge in [0.2, 0.25) is 0 Å². The predicted octanol–water partition coefficient (Wildman–Crippen LogP) is 13.4. The number of rotatable bonds is 8. The van der Waals surface area contributed by atoms with Gasteiger partial charge in [0.25, 0.3) is 0 Å². The largest absolute Gasteiger partial charge is 0.463 e. The van der Waals surface area contributed by atoms with E-state index in [4.69, 9.17) is 18.9 Å². The average Bonchev–Trinajstić information content (AvgIpc) is 3.74. The Morgan fingerprint density at radius 3 is 1.66 bits per heavy atom. The van der Waals surface area contributed by atoms with Crippen LogP contribution in [0.4, 0.5) is 0 Å². The molecule has 3 aliphatic carbocycles. The molecule has 9 heteroatoms. The zero-order valence-corrected chi connectivity index (χ0v) is 42.7. The van der Waals surface area contributed by atoms with Gasteiger partial charge in [-0.15, -0.1) is 5.54 Å². The van der Waals surface area contributed by atoms with Crippen LogP contribution >= 0.6 is 0 Å². The van der Waals surface area contributed by atoms with Crippen molar-refractivity contribution in [2.45, 2.75) is 202 Å². The summed E-state index contributed by atoms with van der Waals surface area (Å²) in [4.78, 5) is 46.8. The van der Waals surface area contributed by atoms with Crippen LogP contribution in [-0.4, -0.2) is 54.9 Å². The molecular formula is C53H84O8Si. The van der Waals surface area contributed by atoms with Crippen LogP contribution in [0.1, 0.15) is 179 Å². The van der Waals surface area contributed by atoms with Gasteiger partial charge in [-0.05, 0) is 167 Å². The monoisotopic (exact) mass is 877 g/mol. The van der Waals surface area contributed by atoms with Gasteiger partial charge < -0.3 is 18.9 Å². The molecular weight excluding hydrogens is 793 g/mol. The van der Waals surface area contributed by atoms with E-state index in [9.17, 15) is 19.2 Å². The molecule has 1 fully saturated rings. The SMILES string of the molecule is C=Cc1ccc(C(=O)OC(C)(C)C)cc1.CC(C)(C)OC(=O)C1CC/C=C\CCC1.CC(C)OC(=O)C1CC2C=CC1C2.CC(C)[Si](C#CC(=O)OC(C)(C)C)(C(C)C)C(C)C. The summed E-state index contributed by atoms with van der Waals surface area (Å²) in [5, 5.41) is 0. The molecule has 2 bridgehead atoms. The maximum absolute atomic E-state index is 11.8. The summed E-state index contributed by atoms with van der Waals surface area (Å²) in [5.74, 6) is 3.45. The number of hydrogen-bond donors (Lipinski definition) is 0. The lowest BCUT2D eigenvalue weighted by Crippen LogP contribution is -2.43. The van der Waals surface area contributed by atoms with Crippen LogP contribution in [0.25, 0.3) is 6.08 Å². The molecule has 0 saturated heterocycles. The van der Waals surface area contributed by atoms with Crippen LogP contribution in [0.2, 0.25) is 16.6 Å². The van der Waals surface area contributed by atoms with E-state index < -0.39 is 25.2 Å². The summed E-state index contributed by atoms with van der Waals surface area (Å²) in [6.45, 7) is 37.8. The van der Waals surface area contributed by atoms with Crippen LogP contribution in [0.5, 0.6) is 0 Å². The van der Waals surface area contributed by atoms with E-state index in [1.165, 1.54) is 0 Å². The summed E-state index contributed by atoms with van der Waals surface area (Å²) in [6.07, 6.45) is 17.8. The molecule has 348 valence electrons. The lowest BCUT2D eigenvalue weighted by atomic mass is 9.94. The predicted molar refractivity (Wildman–Crippen MR) is 258 cm³/mol. The lowest BCUT2D eigenvalue weighted by molar-refractivity contribution is -0.160. The minimum absolute atomic E-state index is 0.00634. The normalized spacial score (nSPS) is 20.1. The van der Waals surface area contributed by atoms with E-state index in [0.717, 1.165) is 50.5 Å². The molecule has 4 unspecified atom stereocenters. The zero-order chi connectivity index (χ0) is 47.6. The van der Waals surface area contributed by atoms with Crippen molar-refractivity contribution in [3.63, 3.8) is 0 Å². The van der Waals surface area contributed by atoms with Crippen LogP contribution < -0.4 is 0 Å². The van der Waals surface area contributed by atoms with Gasteiger partial charge in [0.1, 0.15) is 24.9 Å². The molecule has 0 aromatic heterocycles. The second-order valence-corrected chi connectivity index (χ2v) is 26.6. The summed E-state index contributed by atoms with van der Waals surface area (Å²) < 4.78 is 21.1. The number of benzene rings is 1. The summed E-state index contributed by atoms with van der Waals surface area (Å²) >= 11 is 0. The number of esters is 4. The van der Waals surface area contributed by atoms with Crippen LogP contribution in [0, 0.1) is 35.1 Å². The molecule has 0 spiro atoms. The summed E-state index contributed by atoms with van der Waals surface area (Å²) in [6, 6.07) is 7.16. The first-order valence-electron chi connectivity index (χ1n) is 23.0. The highest BCUT2D eigenvalue weighted by Crippen LogP contribution is 2.44. The zero-order valence-electron chi connectivity index (χ0n) is 41.7. The molecule has 0 N–H and O–H groups in total. The first kappa shape index (κ1) is 56.1. The van der Waals surface area contributed by atoms with Gasteiger partial charge in [-0.25, -0.2) is 9.59 Å². The van der Waals surface area contributed by atoms with Gasteiger partial charge in [-0.2, -0.15) is 0 Å². The van der Waals surface area contributed by atoms with Crippen LogP contribution in [0.15, 0.2) is 55.1 Å². The van der Waals surface area contributed by atoms with E-state index in [0.29, 0.717) is 34.0 Å². The third-order valence-electron chi connectivity index (χ3n) is 10.9. The second-order valence-electron chi connectivity index (χ2n) is 21.1. The third kappa shape index (κ3) is 21.0. The molecule has 8 nitrogen and oxygen atoms in total. The minimum Gasteiger partial charge on any atom is -0.463 e. The van der Waals surface area contributed by atoms with Gasteiger partial charge in [0, 0.05) is 5.92 Å². The first-order chi connectivity index (χ1) is 28.5. The van der Waals surface area contributed by atoms with Crippen molar-refractivity contribution in [1.82, 2.24) is 0 Å². The molecule has 1 saturated carbocycles. The molecule has 0 heterocycles. The Morgan fingerprint density at radius 1 is 0.694 bits per heavy atom. The number of ether oxygens (including phenoxy) is 4. The molecule has 4 atom stereocenters. The minimum atomic E-state index is -1.83. The Hall–Kier alpha value is -3.90. The van der Waals surface area contributed by atoms with E-state index >= 15 is 0 Å². The van der Waals surface area contributed by atoms with Crippen LogP contribution in [-0.2, 0) is 33.3 Å². The molecule has 0 amide bonds. The van der Waals surface area contributed by atoms with Crippen molar-refractivity contribution in [1.29, 1.82) is 0 Å². The molecule has 1 aromatic rings. The molecule has 0 aliphatic heterocycles. The average molecular weight is 877 g/mol. The number of carbonyl (C=O) groups is 4. The summed E-state index contributed by atoms with van der Waals surface area (Å²) in [5.41, 5.74) is 5.24. The highest BCUT2D eigenvalue weighted by Gasteiger charge is 2.42. The highest BCUT2D eigenvalue weighted by atomic mass is 28.3. The van der Waals surface area contributed by atoms with Crippen LogP contribution in [0.3, 0.4) is 0 Å². The lowest BCUT2D eigenvalue weighted by Gasteiger charge is -2.37. The number of fused-ring (bicyclic) bond motifs is 2.